The highest BCUT2D eigenvalue weighted by Gasteiger charge is 2.52. The number of carboxylic acid groups (broad SMARTS) is 3. The van der Waals surface area contributed by atoms with Crippen molar-refractivity contribution in [1.82, 2.24) is 0 Å². The quantitative estimate of drug-likeness (QED) is 0.473. The lowest BCUT2D eigenvalue weighted by Crippen LogP contribution is -2.41. The van der Waals surface area contributed by atoms with Crippen LogP contribution >= 0.6 is 7.37 Å². The molecule has 0 radical (unpaired) electrons. The van der Waals surface area contributed by atoms with Crippen LogP contribution in [0.5, 0.6) is 0 Å². The fourth-order valence-corrected chi connectivity index (χ4v) is 2.68. The van der Waals surface area contributed by atoms with E-state index in [9.17, 15) is 23.8 Å². The van der Waals surface area contributed by atoms with Crippen LogP contribution in [0.2, 0.25) is 0 Å². The molecule has 8 nitrogen and oxygen atoms in total. The molecule has 9 heteroatoms. The fraction of sp³-hybridized carbons (Fsp3) is 0.625. The van der Waals surface area contributed by atoms with Crippen LogP contribution < -0.4 is 0 Å². The summed E-state index contributed by atoms with van der Waals surface area (Å²) in [6.07, 6.45) is -2.51. The molecule has 0 fully saturated rings. The minimum atomic E-state index is -4.32. The maximum atomic E-state index is 11.5. The predicted octanol–water partition coefficient (Wildman–Crippen LogP) is 0.0495. The molecule has 0 aromatic heterocycles. The summed E-state index contributed by atoms with van der Waals surface area (Å²) in [6.45, 7) is 0.714. The SMILES string of the molecule is CP(=O)(O)C(CCC(=O)O)(CC(=O)O)C(=O)O. The molecule has 0 aliphatic carbocycles. The van der Waals surface area contributed by atoms with Crippen LogP contribution in [0.25, 0.3) is 0 Å². The van der Waals surface area contributed by atoms with Crippen molar-refractivity contribution in [3.8, 4) is 0 Å². The number of carbonyl (C=O) groups is 3. The fourth-order valence-electron chi connectivity index (χ4n) is 1.37. The molecule has 98 valence electrons. The third kappa shape index (κ3) is 3.83. The second-order valence-corrected chi connectivity index (χ2v) is 6.29. The van der Waals surface area contributed by atoms with E-state index in [1.807, 2.05) is 0 Å². The maximum absolute atomic E-state index is 11.5. The third-order valence-electron chi connectivity index (χ3n) is 2.39. The Hall–Kier alpha value is -1.40. The first-order chi connectivity index (χ1) is 7.53. The molecule has 0 aromatic rings. The lowest BCUT2D eigenvalue weighted by molar-refractivity contribution is -0.148. The Balaban J connectivity index is 5.41. The second-order valence-electron chi connectivity index (χ2n) is 3.68. The van der Waals surface area contributed by atoms with E-state index in [1.54, 1.807) is 0 Å². The van der Waals surface area contributed by atoms with Gasteiger partial charge in [0.25, 0.3) is 0 Å². The van der Waals surface area contributed by atoms with Gasteiger partial charge in [-0.1, -0.05) is 0 Å². The summed E-state index contributed by atoms with van der Waals surface area (Å²) in [5.74, 6) is -4.72. The van der Waals surface area contributed by atoms with E-state index in [2.05, 4.69) is 0 Å². The lowest BCUT2D eigenvalue weighted by atomic mass is 9.98. The lowest BCUT2D eigenvalue weighted by Gasteiger charge is -2.29. The molecule has 0 saturated heterocycles. The van der Waals surface area contributed by atoms with Gasteiger partial charge in [0, 0.05) is 13.1 Å². The normalized spacial score (nSPS) is 17.8. The molecule has 17 heavy (non-hydrogen) atoms. The minimum Gasteiger partial charge on any atom is -0.481 e. The van der Waals surface area contributed by atoms with Gasteiger partial charge in [-0.3, -0.25) is 18.9 Å². The first kappa shape index (κ1) is 15.6. The summed E-state index contributed by atoms with van der Waals surface area (Å²) in [5.41, 5.74) is 0. The van der Waals surface area contributed by atoms with Gasteiger partial charge in [0.15, 0.2) is 5.16 Å². The van der Waals surface area contributed by atoms with Crippen molar-refractivity contribution in [2.45, 2.75) is 24.4 Å². The highest BCUT2D eigenvalue weighted by atomic mass is 31.2. The Labute approximate surface area is 96.3 Å². The number of hydrogen-bond acceptors (Lipinski definition) is 4. The van der Waals surface area contributed by atoms with Crippen LogP contribution in [-0.2, 0) is 18.9 Å². The van der Waals surface area contributed by atoms with Gasteiger partial charge in [-0.05, 0) is 6.42 Å². The zero-order chi connectivity index (χ0) is 13.9. The summed E-state index contributed by atoms with van der Waals surface area (Å²) in [5, 5.41) is 23.5. The summed E-state index contributed by atoms with van der Waals surface area (Å²) in [7, 11) is -4.32. The third-order valence-corrected chi connectivity index (χ3v) is 4.55. The number of hydrogen-bond donors (Lipinski definition) is 4. The number of rotatable bonds is 7. The highest BCUT2D eigenvalue weighted by Crippen LogP contribution is 2.55. The molecule has 2 atom stereocenters. The molecule has 0 saturated carbocycles. The Morgan fingerprint density at radius 2 is 1.59 bits per heavy atom. The zero-order valence-corrected chi connectivity index (χ0v) is 9.88. The van der Waals surface area contributed by atoms with Crippen LogP contribution in [-0.4, -0.2) is 49.9 Å². The standard InChI is InChI=1S/C8H13O8P/c1-17(15,16)8(7(13)14,4-6(11)12)3-2-5(9)10/h2-4H2,1H3,(H,9,10)(H,11,12)(H,13,14)(H,15,16). The van der Waals surface area contributed by atoms with Crippen LogP contribution in [0.4, 0.5) is 0 Å². The van der Waals surface area contributed by atoms with Gasteiger partial charge < -0.3 is 20.2 Å². The molecular formula is C8H13O8P. The van der Waals surface area contributed by atoms with Gasteiger partial charge >= 0.3 is 17.9 Å². The number of carboxylic acids is 3. The summed E-state index contributed by atoms with van der Waals surface area (Å²) in [6, 6.07) is 0. The van der Waals surface area contributed by atoms with E-state index in [-0.39, 0.29) is 0 Å². The van der Waals surface area contributed by atoms with Crippen molar-refractivity contribution >= 4 is 25.3 Å². The molecule has 0 aliphatic rings. The van der Waals surface area contributed by atoms with Gasteiger partial charge in [-0.2, -0.15) is 0 Å². The van der Waals surface area contributed by atoms with Crippen LogP contribution in [0, 0.1) is 0 Å². The molecule has 0 bridgehead atoms. The average molecular weight is 268 g/mol. The molecule has 2 unspecified atom stereocenters. The van der Waals surface area contributed by atoms with E-state index in [1.165, 1.54) is 0 Å². The molecular weight excluding hydrogens is 255 g/mol. The van der Waals surface area contributed by atoms with Crippen molar-refractivity contribution in [2.24, 2.45) is 0 Å². The zero-order valence-electron chi connectivity index (χ0n) is 8.99. The topological polar surface area (TPSA) is 149 Å². The van der Waals surface area contributed by atoms with Gasteiger partial charge in [-0.15, -0.1) is 0 Å². The first-order valence-corrected chi connectivity index (χ1v) is 6.61. The Kier molecular flexibility index (Phi) is 4.85. The predicted molar refractivity (Wildman–Crippen MR) is 55.2 cm³/mol. The van der Waals surface area contributed by atoms with E-state index < -0.39 is 49.7 Å². The monoisotopic (exact) mass is 268 g/mol. The molecule has 0 heterocycles. The summed E-state index contributed by atoms with van der Waals surface area (Å²) in [4.78, 5) is 41.3. The smallest absolute Gasteiger partial charge is 0.320 e. The Morgan fingerprint density at radius 3 is 1.82 bits per heavy atom. The first-order valence-electron chi connectivity index (χ1n) is 4.50. The van der Waals surface area contributed by atoms with E-state index in [4.69, 9.17) is 15.3 Å². The van der Waals surface area contributed by atoms with Crippen LogP contribution in [0.15, 0.2) is 0 Å². The molecule has 4 N–H and O–H groups in total. The summed E-state index contributed by atoms with van der Waals surface area (Å²) < 4.78 is 11.5. The van der Waals surface area contributed by atoms with Crippen molar-refractivity contribution in [1.29, 1.82) is 0 Å². The maximum Gasteiger partial charge on any atom is 0.320 e. The van der Waals surface area contributed by atoms with Crippen LogP contribution in [0.1, 0.15) is 19.3 Å². The van der Waals surface area contributed by atoms with Crippen molar-refractivity contribution in [3.05, 3.63) is 0 Å². The van der Waals surface area contributed by atoms with E-state index in [0.29, 0.717) is 6.66 Å². The average Bonchev–Trinajstić information content (AvgIpc) is 2.08. The van der Waals surface area contributed by atoms with Crippen molar-refractivity contribution in [3.63, 3.8) is 0 Å². The largest absolute Gasteiger partial charge is 0.481 e. The van der Waals surface area contributed by atoms with Gasteiger partial charge in [0.05, 0.1) is 6.42 Å². The van der Waals surface area contributed by atoms with Crippen LogP contribution in [0.3, 0.4) is 0 Å². The van der Waals surface area contributed by atoms with Gasteiger partial charge in [0.2, 0.25) is 7.37 Å². The van der Waals surface area contributed by atoms with Crippen molar-refractivity contribution in [2.75, 3.05) is 6.66 Å². The second kappa shape index (κ2) is 5.29. The minimum absolute atomic E-state index is 0.696. The van der Waals surface area contributed by atoms with Crippen molar-refractivity contribution < 1.29 is 39.2 Å². The molecule has 0 spiro atoms. The number of aliphatic carboxylic acids is 3. The van der Waals surface area contributed by atoms with E-state index in [0.717, 1.165) is 0 Å². The Bertz CT molecular complexity index is 383. The van der Waals surface area contributed by atoms with Gasteiger partial charge in [-0.25, -0.2) is 0 Å². The molecule has 0 aromatic carbocycles. The van der Waals surface area contributed by atoms with Gasteiger partial charge in [0.1, 0.15) is 0 Å². The molecule has 0 rings (SSSR count). The van der Waals surface area contributed by atoms with E-state index >= 15 is 0 Å². The molecule has 0 aliphatic heterocycles. The summed E-state index contributed by atoms with van der Waals surface area (Å²) >= 11 is 0. The molecule has 0 amide bonds. The Morgan fingerprint density at radius 1 is 1.12 bits per heavy atom. The highest BCUT2D eigenvalue weighted by molar-refractivity contribution is 7.60.